The van der Waals surface area contributed by atoms with Crippen LogP contribution in [-0.4, -0.2) is 33.4 Å². The van der Waals surface area contributed by atoms with Gasteiger partial charge in [0.15, 0.2) is 11.5 Å². The summed E-state index contributed by atoms with van der Waals surface area (Å²) in [5, 5.41) is 14.5. The Bertz CT molecular complexity index is 1520. The molecule has 0 fully saturated rings. The maximum absolute atomic E-state index is 13.0. The first-order chi connectivity index (χ1) is 16.4. The van der Waals surface area contributed by atoms with Crippen LogP contribution < -0.4 is 25.6 Å². The fourth-order valence-electron chi connectivity index (χ4n) is 3.26. The number of aromatic carboxylic acids is 1. The summed E-state index contributed by atoms with van der Waals surface area (Å²) in [5.41, 5.74) is 0.895. The Balaban J connectivity index is 1.69. The van der Waals surface area contributed by atoms with Crippen molar-refractivity contribution in [1.82, 2.24) is 9.78 Å². The van der Waals surface area contributed by atoms with Crippen LogP contribution >= 0.6 is 11.3 Å². The lowest BCUT2D eigenvalue weighted by molar-refractivity contribution is 0.0694. The molecular formula is C25H20N2O6S. The quantitative estimate of drug-likeness (QED) is 0.314. The van der Waals surface area contributed by atoms with E-state index in [9.17, 15) is 14.4 Å². The van der Waals surface area contributed by atoms with Crippen LogP contribution in [0.1, 0.15) is 32.5 Å². The van der Waals surface area contributed by atoms with Gasteiger partial charge in [-0.3, -0.25) is 9.89 Å². The number of hydrogen-bond donors (Lipinski definition) is 2. The molecular weight excluding hydrogens is 456 g/mol. The molecule has 8 nitrogen and oxygen atoms in total. The topological polar surface area (TPSA) is 111 Å². The van der Waals surface area contributed by atoms with E-state index in [-0.39, 0.29) is 16.9 Å². The highest BCUT2D eigenvalue weighted by Gasteiger charge is 2.14. The molecule has 0 aliphatic heterocycles. The summed E-state index contributed by atoms with van der Waals surface area (Å²) in [6, 6.07) is 14.4. The standard InChI is InChI=1S/C25H20N2O6S/c1-3-32-21-14-16(6-11-20(21)33-25(31)22-5-4-12-34-22)13-19-15(2)26-27(23(19)28)18-9-7-17(8-10-18)24(29)30/h4-14,26H,2-3H2,1H3,(H,29,30)/b19-13-. The molecule has 0 aliphatic rings. The average molecular weight is 477 g/mol. The van der Waals surface area contributed by atoms with Crippen LogP contribution in [0, 0.1) is 0 Å². The van der Waals surface area contributed by atoms with Crippen LogP contribution in [0.3, 0.4) is 0 Å². The van der Waals surface area contributed by atoms with E-state index in [1.165, 1.54) is 40.3 Å². The van der Waals surface area contributed by atoms with Gasteiger partial charge in [0, 0.05) is 0 Å². The third kappa shape index (κ3) is 4.69. The maximum Gasteiger partial charge on any atom is 0.353 e. The van der Waals surface area contributed by atoms with E-state index in [0.29, 0.717) is 39.1 Å². The van der Waals surface area contributed by atoms with Gasteiger partial charge in [-0.05, 0) is 66.4 Å². The number of H-pyrrole nitrogens is 1. The first kappa shape index (κ1) is 22.8. The summed E-state index contributed by atoms with van der Waals surface area (Å²) in [7, 11) is 0. The summed E-state index contributed by atoms with van der Waals surface area (Å²) in [4.78, 5) is 36.9. The number of rotatable bonds is 7. The van der Waals surface area contributed by atoms with Crippen molar-refractivity contribution in [2.45, 2.75) is 6.92 Å². The third-order valence-corrected chi connectivity index (χ3v) is 5.73. The number of hydrogen-bond acceptors (Lipinski definition) is 6. The Morgan fingerprint density at radius 2 is 1.91 bits per heavy atom. The molecule has 2 heterocycles. The number of esters is 1. The van der Waals surface area contributed by atoms with Gasteiger partial charge in [-0.15, -0.1) is 11.3 Å². The average Bonchev–Trinajstić information content (AvgIpc) is 3.46. The predicted octanol–water partition coefficient (Wildman–Crippen LogP) is 2.78. The van der Waals surface area contributed by atoms with Crippen molar-refractivity contribution >= 4 is 35.9 Å². The zero-order chi connectivity index (χ0) is 24.2. The van der Waals surface area contributed by atoms with Crippen molar-refractivity contribution in [2.75, 3.05) is 6.61 Å². The van der Waals surface area contributed by atoms with Crippen molar-refractivity contribution in [3.8, 4) is 17.2 Å². The molecule has 2 N–H and O–H groups in total. The van der Waals surface area contributed by atoms with Gasteiger partial charge < -0.3 is 14.6 Å². The van der Waals surface area contributed by atoms with E-state index in [4.69, 9.17) is 14.6 Å². The predicted molar refractivity (Wildman–Crippen MR) is 129 cm³/mol. The number of carbonyl (C=O) groups excluding carboxylic acids is 1. The second kappa shape index (κ2) is 9.63. The zero-order valence-corrected chi connectivity index (χ0v) is 18.9. The van der Waals surface area contributed by atoms with Crippen LogP contribution in [0.5, 0.6) is 11.5 Å². The lowest BCUT2D eigenvalue weighted by Crippen LogP contribution is -2.33. The number of ether oxygens (including phenoxy) is 2. The molecule has 0 spiro atoms. The summed E-state index contributed by atoms with van der Waals surface area (Å²) in [6.07, 6.45) is 1.65. The van der Waals surface area contributed by atoms with E-state index in [1.54, 1.807) is 41.8 Å². The second-order valence-corrected chi connectivity index (χ2v) is 8.09. The van der Waals surface area contributed by atoms with Crippen LogP contribution in [0.25, 0.3) is 18.3 Å². The number of nitrogens with zero attached hydrogens (tertiary/aromatic N) is 1. The van der Waals surface area contributed by atoms with Crippen molar-refractivity contribution < 1.29 is 24.2 Å². The van der Waals surface area contributed by atoms with Gasteiger partial charge in [-0.25, -0.2) is 14.3 Å². The number of carboxylic acids is 1. The number of nitrogens with one attached hydrogen (secondary N) is 1. The Kier molecular flexibility index (Phi) is 6.46. The molecule has 0 saturated carbocycles. The minimum Gasteiger partial charge on any atom is -0.490 e. The minimum absolute atomic E-state index is 0.119. The van der Waals surface area contributed by atoms with E-state index in [2.05, 4.69) is 11.7 Å². The highest BCUT2D eigenvalue weighted by molar-refractivity contribution is 7.12. The van der Waals surface area contributed by atoms with Crippen molar-refractivity contribution in [3.05, 3.63) is 96.9 Å². The molecule has 0 aliphatic carbocycles. The molecule has 0 saturated heterocycles. The van der Waals surface area contributed by atoms with Crippen LogP contribution in [0.2, 0.25) is 0 Å². The highest BCUT2D eigenvalue weighted by Crippen LogP contribution is 2.30. The van der Waals surface area contributed by atoms with E-state index in [0.717, 1.165) is 0 Å². The van der Waals surface area contributed by atoms with Gasteiger partial charge in [0.05, 0.1) is 28.4 Å². The van der Waals surface area contributed by atoms with Gasteiger partial charge >= 0.3 is 11.9 Å². The summed E-state index contributed by atoms with van der Waals surface area (Å²) in [6.45, 7) is 6.09. The number of benzene rings is 2. The van der Waals surface area contributed by atoms with Gasteiger partial charge in [0.2, 0.25) is 0 Å². The van der Waals surface area contributed by atoms with Gasteiger partial charge in [-0.2, -0.15) is 0 Å². The molecule has 4 aromatic rings. The van der Waals surface area contributed by atoms with Gasteiger partial charge in [-0.1, -0.05) is 18.7 Å². The normalized spacial score (nSPS) is 11.4. The summed E-state index contributed by atoms with van der Waals surface area (Å²) >= 11 is 1.28. The molecule has 9 heteroatoms. The molecule has 0 unspecified atom stereocenters. The van der Waals surface area contributed by atoms with E-state index >= 15 is 0 Å². The number of thiophene rings is 1. The van der Waals surface area contributed by atoms with Crippen LogP contribution in [0.4, 0.5) is 0 Å². The maximum atomic E-state index is 13.0. The fourth-order valence-corrected chi connectivity index (χ4v) is 3.86. The lowest BCUT2D eigenvalue weighted by atomic mass is 10.1. The largest absolute Gasteiger partial charge is 0.490 e. The SMILES string of the molecule is C=c1[nH]n(-c2ccc(C(=O)O)cc2)c(=O)/c1=C\c1ccc(OC(=O)c2cccs2)c(OCC)c1. The number of carbonyl (C=O) groups is 2. The van der Waals surface area contributed by atoms with Gasteiger partial charge in [0.1, 0.15) is 4.88 Å². The number of carboxylic acid groups (broad SMARTS) is 1. The first-order valence-electron chi connectivity index (χ1n) is 10.3. The molecule has 0 atom stereocenters. The van der Waals surface area contributed by atoms with Crippen molar-refractivity contribution in [3.63, 3.8) is 0 Å². The Morgan fingerprint density at radius 1 is 1.15 bits per heavy atom. The highest BCUT2D eigenvalue weighted by atomic mass is 32.1. The summed E-state index contributed by atoms with van der Waals surface area (Å²) < 4.78 is 12.4. The Labute approximate surface area is 197 Å². The molecule has 0 radical (unpaired) electrons. The molecule has 0 bridgehead atoms. The number of aromatic nitrogens is 2. The minimum atomic E-state index is -1.05. The smallest absolute Gasteiger partial charge is 0.353 e. The van der Waals surface area contributed by atoms with E-state index in [1.807, 2.05) is 6.92 Å². The zero-order valence-electron chi connectivity index (χ0n) is 18.1. The van der Waals surface area contributed by atoms with Crippen LogP contribution in [0.15, 0.2) is 64.8 Å². The second-order valence-electron chi connectivity index (χ2n) is 7.15. The Hall–Kier alpha value is -4.37. The lowest BCUT2D eigenvalue weighted by Gasteiger charge is -2.10. The van der Waals surface area contributed by atoms with Crippen LogP contribution in [-0.2, 0) is 0 Å². The number of aromatic amines is 1. The fraction of sp³-hybridized carbons (Fsp3) is 0.0800. The molecule has 4 rings (SSSR count). The third-order valence-electron chi connectivity index (χ3n) is 4.88. The first-order valence-corrected chi connectivity index (χ1v) is 11.1. The monoisotopic (exact) mass is 476 g/mol. The summed E-state index contributed by atoms with van der Waals surface area (Å²) in [5.74, 6) is -0.883. The molecule has 2 aromatic carbocycles. The van der Waals surface area contributed by atoms with Gasteiger partial charge in [0.25, 0.3) is 5.56 Å². The molecule has 0 amide bonds. The van der Waals surface area contributed by atoms with E-state index < -0.39 is 11.9 Å². The molecule has 2 aromatic heterocycles. The Morgan fingerprint density at radius 3 is 2.56 bits per heavy atom. The molecule has 172 valence electrons. The molecule has 34 heavy (non-hydrogen) atoms. The van der Waals surface area contributed by atoms with Crippen molar-refractivity contribution in [1.29, 1.82) is 0 Å². The van der Waals surface area contributed by atoms with Crippen molar-refractivity contribution in [2.24, 2.45) is 0 Å².